The van der Waals surface area contributed by atoms with Crippen LogP contribution in [0, 0.1) is 11.8 Å². The Bertz CT molecular complexity index is 875. The molecule has 0 aromatic carbocycles. The predicted octanol–water partition coefficient (Wildman–Crippen LogP) is 2.64. The topological polar surface area (TPSA) is 127 Å². The Morgan fingerprint density at radius 2 is 2.16 bits per heavy atom. The Kier molecular flexibility index (Phi) is 8.80. The average Bonchev–Trinajstić information content (AvgIpc) is 3.43. The highest BCUT2D eigenvalue weighted by molar-refractivity contribution is 5.94. The van der Waals surface area contributed by atoms with Crippen LogP contribution in [0.1, 0.15) is 62.5 Å². The quantitative estimate of drug-likeness (QED) is 0.299. The lowest BCUT2D eigenvalue weighted by atomic mass is 9.98. The average molecular weight is 434 g/mol. The van der Waals surface area contributed by atoms with Crippen LogP contribution in [0.3, 0.4) is 0 Å². The number of rotatable bonds is 12. The van der Waals surface area contributed by atoms with Crippen LogP contribution in [0.4, 0.5) is 0 Å². The number of nitrogens with one attached hydrogen (secondary N) is 1. The second-order valence-corrected chi connectivity index (χ2v) is 7.63. The van der Waals surface area contributed by atoms with Crippen molar-refractivity contribution in [1.29, 1.82) is 0 Å². The zero-order chi connectivity index (χ0) is 23.0. The molecule has 0 radical (unpaired) electrons. The van der Waals surface area contributed by atoms with Gasteiger partial charge in [-0.1, -0.05) is 33.6 Å². The summed E-state index contributed by atoms with van der Waals surface area (Å²) in [7, 11) is 1.51. The molecule has 0 unspecified atom stereocenters. The fourth-order valence-electron chi connectivity index (χ4n) is 3.09. The monoisotopic (exact) mass is 434 g/mol. The van der Waals surface area contributed by atoms with Gasteiger partial charge in [0, 0.05) is 6.20 Å². The van der Waals surface area contributed by atoms with Gasteiger partial charge in [0.25, 0.3) is 5.91 Å². The zero-order valence-electron chi connectivity index (χ0n) is 18.3. The Morgan fingerprint density at radius 3 is 2.74 bits per heavy atom. The number of aromatic nitrogens is 2. The number of ether oxygens (including phenoxy) is 1. The molecule has 2 N–H and O–H groups in total. The molecule has 0 saturated heterocycles. The van der Waals surface area contributed by atoms with Crippen molar-refractivity contribution in [2.24, 2.45) is 11.8 Å². The van der Waals surface area contributed by atoms with Gasteiger partial charge in [0.1, 0.15) is 18.1 Å². The summed E-state index contributed by atoms with van der Waals surface area (Å²) in [5, 5.41) is 12.9. The van der Waals surface area contributed by atoms with Crippen LogP contribution >= 0.6 is 0 Å². The molecule has 2 amide bonds. The summed E-state index contributed by atoms with van der Waals surface area (Å²) in [5.41, 5.74) is 0.0955. The van der Waals surface area contributed by atoms with Crippen LogP contribution in [0.15, 0.2) is 29.1 Å². The molecule has 0 aliphatic carbocycles. The van der Waals surface area contributed by atoms with Crippen molar-refractivity contribution in [1.82, 2.24) is 19.9 Å². The molecule has 0 fully saturated rings. The van der Waals surface area contributed by atoms with Crippen molar-refractivity contribution in [2.45, 2.75) is 46.1 Å². The van der Waals surface area contributed by atoms with E-state index in [9.17, 15) is 19.6 Å². The first-order valence-electron chi connectivity index (χ1n) is 10.2. The standard InChI is InChI=1S/C21H30N4O6/c1-5-6-7-15(10-25(29)13-26)19(27)23-18(14(2)3)20-22-17(12-31-20)21(28)24-9-8-16(11-24)30-4/h8-9,11-15,18,29H,5-7,10H2,1-4H3,(H,23,27)/t15-,18+/m1/s1. The van der Waals surface area contributed by atoms with Gasteiger partial charge in [-0.25, -0.2) is 10.0 Å². The van der Waals surface area contributed by atoms with E-state index in [-0.39, 0.29) is 36.4 Å². The van der Waals surface area contributed by atoms with Gasteiger partial charge >= 0.3 is 0 Å². The number of unbranched alkanes of at least 4 members (excludes halogenated alkanes) is 1. The minimum atomic E-state index is -0.584. The number of carbonyl (C=O) groups excluding carboxylic acids is 3. The van der Waals surface area contributed by atoms with Crippen molar-refractivity contribution >= 4 is 18.2 Å². The molecule has 2 atom stereocenters. The van der Waals surface area contributed by atoms with Gasteiger partial charge in [0.2, 0.25) is 18.2 Å². The molecule has 0 bridgehead atoms. The van der Waals surface area contributed by atoms with Gasteiger partial charge in [-0.3, -0.25) is 24.2 Å². The third kappa shape index (κ3) is 6.42. The first-order chi connectivity index (χ1) is 14.8. The van der Waals surface area contributed by atoms with Gasteiger partial charge in [-0.15, -0.1) is 0 Å². The Morgan fingerprint density at radius 1 is 1.42 bits per heavy atom. The highest BCUT2D eigenvalue weighted by atomic mass is 16.5. The van der Waals surface area contributed by atoms with E-state index in [0.29, 0.717) is 17.2 Å². The lowest BCUT2D eigenvalue weighted by molar-refractivity contribution is -0.154. The molecule has 2 rings (SSSR count). The Balaban J connectivity index is 2.16. The lowest BCUT2D eigenvalue weighted by Crippen LogP contribution is -2.40. The van der Waals surface area contributed by atoms with Crippen LogP contribution in [0.25, 0.3) is 0 Å². The molecule has 10 nitrogen and oxygen atoms in total. The number of carbonyl (C=O) groups is 3. The zero-order valence-corrected chi connectivity index (χ0v) is 18.3. The Labute approximate surface area is 181 Å². The summed E-state index contributed by atoms with van der Waals surface area (Å²) < 4.78 is 11.9. The maximum absolute atomic E-state index is 12.9. The van der Waals surface area contributed by atoms with Gasteiger partial charge in [-0.05, 0) is 18.4 Å². The number of hydroxylamine groups is 2. The summed E-state index contributed by atoms with van der Waals surface area (Å²) in [6.07, 6.45) is 6.78. The summed E-state index contributed by atoms with van der Waals surface area (Å²) in [6, 6.07) is 1.07. The third-order valence-corrected chi connectivity index (χ3v) is 4.91. The van der Waals surface area contributed by atoms with Crippen LogP contribution in [-0.2, 0) is 9.59 Å². The van der Waals surface area contributed by atoms with E-state index < -0.39 is 17.9 Å². The highest BCUT2D eigenvalue weighted by Crippen LogP contribution is 2.23. The highest BCUT2D eigenvalue weighted by Gasteiger charge is 2.29. The predicted molar refractivity (Wildman–Crippen MR) is 111 cm³/mol. The SMILES string of the molecule is CCCC[C@H](CN(O)C=O)C(=O)N[C@H](c1nc(C(=O)n2ccc(OC)c2)co1)C(C)C. The Hall–Kier alpha value is -3.14. The summed E-state index contributed by atoms with van der Waals surface area (Å²) in [4.78, 5) is 40.5. The molecular weight excluding hydrogens is 404 g/mol. The van der Waals surface area contributed by atoms with Crippen LogP contribution < -0.4 is 10.1 Å². The second kappa shape index (κ2) is 11.3. The van der Waals surface area contributed by atoms with Crippen molar-refractivity contribution in [3.63, 3.8) is 0 Å². The summed E-state index contributed by atoms with van der Waals surface area (Å²) >= 11 is 0. The van der Waals surface area contributed by atoms with Gasteiger partial charge < -0.3 is 14.5 Å². The van der Waals surface area contributed by atoms with Crippen LogP contribution in [-0.4, -0.2) is 51.7 Å². The molecule has 2 aromatic heterocycles. The molecule has 0 aliphatic heterocycles. The van der Waals surface area contributed by atoms with E-state index in [4.69, 9.17) is 9.15 Å². The molecule has 0 spiro atoms. The van der Waals surface area contributed by atoms with Crippen molar-refractivity contribution in [3.8, 4) is 5.75 Å². The number of hydrogen-bond acceptors (Lipinski definition) is 7. The van der Waals surface area contributed by atoms with Crippen molar-refractivity contribution in [2.75, 3.05) is 13.7 Å². The van der Waals surface area contributed by atoms with Crippen molar-refractivity contribution in [3.05, 3.63) is 36.3 Å². The van der Waals surface area contributed by atoms with Crippen LogP contribution in [0.5, 0.6) is 5.75 Å². The molecule has 2 aromatic rings. The maximum Gasteiger partial charge on any atom is 0.283 e. The van der Waals surface area contributed by atoms with E-state index in [1.54, 1.807) is 12.3 Å². The van der Waals surface area contributed by atoms with Gasteiger partial charge in [0.05, 0.1) is 25.8 Å². The summed E-state index contributed by atoms with van der Waals surface area (Å²) in [6.45, 7) is 5.66. The first kappa shape index (κ1) is 24.1. The summed E-state index contributed by atoms with van der Waals surface area (Å²) in [5.74, 6) is -0.642. The number of oxazole rings is 1. The van der Waals surface area contributed by atoms with E-state index >= 15 is 0 Å². The molecule has 10 heteroatoms. The third-order valence-electron chi connectivity index (χ3n) is 4.91. The molecular formula is C21H30N4O6. The molecule has 0 saturated carbocycles. The molecule has 0 aliphatic rings. The molecule has 31 heavy (non-hydrogen) atoms. The molecule has 170 valence electrons. The van der Waals surface area contributed by atoms with E-state index in [1.165, 1.54) is 24.1 Å². The second-order valence-electron chi connectivity index (χ2n) is 7.63. The lowest BCUT2D eigenvalue weighted by Gasteiger charge is -2.24. The number of methoxy groups -OCH3 is 1. The van der Waals surface area contributed by atoms with Crippen LogP contribution in [0.2, 0.25) is 0 Å². The van der Waals surface area contributed by atoms with Gasteiger partial charge in [-0.2, -0.15) is 0 Å². The van der Waals surface area contributed by atoms with E-state index in [2.05, 4.69) is 10.3 Å². The minimum absolute atomic E-state index is 0.0830. The van der Waals surface area contributed by atoms with Gasteiger partial charge in [0.15, 0.2) is 5.69 Å². The maximum atomic E-state index is 12.9. The van der Waals surface area contributed by atoms with E-state index in [1.807, 2.05) is 20.8 Å². The first-order valence-corrected chi connectivity index (χ1v) is 10.2. The fourth-order valence-corrected chi connectivity index (χ4v) is 3.09. The fraction of sp³-hybridized carbons (Fsp3) is 0.524. The molecule has 2 heterocycles. The minimum Gasteiger partial charge on any atom is -0.495 e. The normalized spacial score (nSPS) is 13.0. The number of hydrogen-bond donors (Lipinski definition) is 2. The number of nitrogens with zero attached hydrogens (tertiary/aromatic N) is 3. The van der Waals surface area contributed by atoms with E-state index in [0.717, 1.165) is 12.8 Å². The number of amides is 2. The largest absolute Gasteiger partial charge is 0.495 e. The van der Waals surface area contributed by atoms with Crippen molar-refractivity contribution < 1.29 is 28.7 Å². The smallest absolute Gasteiger partial charge is 0.283 e.